The Kier molecular flexibility index (Phi) is 44.0. The van der Waals surface area contributed by atoms with Gasteiger partial charge in [0, 0.05) is 149 Å². The number of hydrogen-bond acceptors (Lipinski definition) is 30. The highest BCUT2D eigenvalue weighted by atomic mass is 79.9. The van der Waals surface area contributed by atoms with E-state index >= 15 is 0 Å². The number of halogens is 1. The second-order valence-corrected chi connectivity index (χ2v) is 39.8. The largest absolute Gasteiger partial charge is 0.480 e. The first-order valence-electron chi connectivity index (χ1n) is 39.0. The van der Waals surface area contributed by atoms with Gasteiger partial charge in [-0.25, -0.2) is 48.8 Å². The molecule has 1 saturated heterocycles. The van der Waals surface area contributed by atoms with E-state index in [1.54, 1.807) is 13.8 Å². The van der Waals surface area contributed by atoms with Crippen molar-refractivity contribution < 1.29 is 132 Å². The molecule has 0 bridgehead atoms. The molecule has 38 heteroatoms. The monoisotopic (exact) mass is 1870 g/mol. The Labute approximate surface area is 733 Å². The normalized spacial score (nSPS) is 18.6. The number of rotatable bonds is 29. The Hall–Kier alpha value is -10.1. The lowest BCUT2D eigenvalue weighted by atomic mass is 9.96. The number of oxime groups is 4. The topological polar surface area (TPSA) is 499 Å². The van der Waals surface area contributed by atoms with Gasteiger partial charge in [0.25, 0.3) is 5.91 Å². The molecule has 8 N–H and O–H groups in total. The summed E-state index contributed by atoms with van der Waals surface area (Å²) in [6, 6.07) is 29.6. The van der Waals surface area contributed by atoms with Crippen molar-refractivity contribution in [3.05, 3.63) is 140 Å². The molecule has 5 aliphatic rings. The quantitative estimate of drug-likeness (QED) is 0.0159. The average molecular weight is 1870 g/mol. The molecule has 0 saturated carbocycles. The summed E-state index contributed by atoms with van der Waals surface area (Å²) in [6.07, 6.45) is 11.5. The molecule has 124 heavy (non-hydrogen) atoms. The lowest BCUT2D eigenvalue weighted by Crippen LogP contribution is -2.52. The van der Waals surface area contributed by atoms with Gasteiger partial charge in [0.1, 0.15) is 24.4 Å². The molecule has 33 nitrogen and oxygen atoms in total. The molecule has 1 amide bonds. The summed E-state index contributed by atoms with van der Waals surface area (Å²) in [5.74, 6) is 18.9. The van der Waals surface area contributed by atoms with Crippen LogP contribution in [0.25, 0.3) is 0 Å². The van der Waals surface area contributed by atoms with E-state index in [0.717, 1.165) is 87.0 Å². The highest BCUT2D eigenvalue weighted by Crippen LogP contribution is 2.35. The summed E-state index contributed by atoms with van der Waals surface area (Å²) < 4.78 is 107. The van der Waals surface area contributed by atoms with Crippen LogP contribution in [-0.2, 0) is 102 Å². The van der Waals surface area contributed by atoms with Crippen molar-refractivity contribution in [1.82, 2.24) is 5.48 Å². The lowest BCUT2D eigenvalue weighted by molar-refractivity contribution is -0.201. The molecule has 1 fully saturated rings. The highest BCUT2D eigenvalue weighted by molar-refractivity contribution is 9.10. The number of hydroxylamine groups is 1. The van der Waals surface area contributed by atoms with Crippen molar-refractivity contribution in [2.24, 2.45) is 20.6 Å². The molecule has 4 aromatic carbocycles. The first kappa shape index (κ1) is 106. The zero-order valence-corrected chi connectivity index (χ0v) is 75.5. The average Bonchev–Trinajstić information content (AvgIpc) is 1.47. The minimum absolute atomic E-state index is 0.00576. The van der Waals surface area contributed by atoms with Crippen LogP contribution >= 0.6 is 15.9 Å². The fourth-order valence-electron chi connectivity index (χ4n) is 11.6. The Balaban J connectivity index is 0.000000332. The van der Waals surface area contributed by atoms with E-state index in [4.69, 9.17) is 75.5 Å². The van der Waals surface area contributed by atoms with Crippen molar-refractivity contribution in [1.29, 1.82) is 0 Å². The lowest BCUT2D eigenvalue weighted by Gasteiger charge is -2.29. The van der Waals surface area contributed by atoms with Gasteiger partial charge < -0.3 is 69.3 Å². The number of carboxylic acids is 2. The summed E-state index contributed by atoms with van der Waals surface area (Å²) in [5, 5.41) is 75.7. The van der Waals surface area contributed by atoms with Gasteiger partial charge in [-0.2, -0.15) is 0 Å². The summed E-state index contributed by atoms with van der Waals surface area (Å²) >= 11 is 3.37. The Morgan fingerprint density at radius 1 is 0.468 bits per heavy atom. The standard InChI is InChI=1S/C23H30N2O7S.C20H25NO6S.C18H21NO6S.C16H20BrNO5S.C5H6O3.C4H6O/c1-23(33(2,28)29,22(27)25-32-21-8-4-6-14-30-21)16-19-15-20(24-31-19)18-11-9-17(10-12-18)7-3-5-13-26;1-4-26-19(23)20(2,28(3,24)25)14-17-13-18(21-27-17)16-10-8-15(9-11-16)7-5-6-12-22;1-18(17(21)22,26(2,23)24)12-15-11-16(19-25-15)14-8-6-13(7-9-14)5-3-4-10-20;1-4-22-15(19)16(2,24(3,20)21)10-13-9-14(18-23-13)11-5-7-12(17)8-6-11;6-4-2-1-3-5(7)8;1-2-3-4-5/h9-12,19,21,26H,4-6,8,13-16H2,1-2H3,(H,25,27);8-11,17,22H,4,6,12-14H2,1-3H3;6-9,15,20H,4,10-12H2,1-2H3,(H,21,22);5-8,13H,4,9-10H2,1-3H3;6H,2,4H2,(H,7,8);1,5H,3-4H2. The summed E-state index contributed by atoms with van der Waals surface area (Å²) in [7, 11) is -15.0. The number of ether oxygens (including phenoxy) is 3. The van der Waals surface area contributed by atoms with E-state index in [1.807, 2.05) is 103 Å². The zero-order valence-electron chi connectivity index (χ0n) is 70.7. The van der Waals surface area contributed by atoms with Crippen LogP contribution in [-0.4, -0.2) is 250 Å². The van der Waals surface area contributed by atoms with E-state index in [9.17, 15) is 62.8 Å². The number of hydrogen-bond donors (Lipinski definition) is 8. The number of carboxylic acid groups (broad SMARTS) is 2. The maximum Gasteiger partial charge on any atom is 0.381 e. The molecule has 0 radical (unpaired) electrons. The van der Waals surface area contributed by atoms with Crippen molar-refractivity contribution in [2.45, 2.75) is 194 Å². The van der Waals surface area contributed by atoms with E-state index in [0.29, 0.717) is 81.5 Å². The Bertz CT molecular complexity index is 5190. The molecular formula is C86H108BrN5O28S4. The molecule has 9 atom stereocenters. The Morgan fingerprint density at radius 2 is 0.774 bits per heavy atom. The Morgan fingerprint density at radius 3 is 1.04 bits per heavy atom. The van der Waals surface area contributed by atoms with Crippen LogP contribution in [0.5, 0.6) is 0 Å². The van der Waals surface area contributed by atoms with Gasteiger partial charge in [-0.15, -0.1) is 12.3 Å². The second-order valence-electron chi connectivity index (χ2n) is 29.1. The van der Waals surface area contributed by atoms with E-state index in [1.165, 1.54) is 27.7 Å². The van der Waals surface area contributed by atoms with Crippen LogP contribution in [0.2, 0.25) is 0 Å². The number of amides is 1. The molecule has 5 heterocycles. The molecule has 0 spiro atoms. The smallest absolute Gasteiger partial charge is 0.381 e. The number of benzene rings is 4. The molecular weight excluding hydrogens is 1760 g/mol. The van der Waals surface area contributed by atoms with Crippen LogP contribution < -0.4 is 5.48 Å². The summed E-state index contributed by atoms with van der Waals surface area (Å²) in [6.45, 7) is 9.41. The molecule has 0 aromatic heterocycles. The number of esters is 2. The third-order valence-electron chi connectivity index (χ3n) is 19.4. The van der Waals surface area contributed by atoms with Gasteiger partial charge in [-0.05, 0) is 125 Å². The zero-order chi connectivity index (χ0) is 92.5. The van der Waals surface area contributed by atoms with Crippen LogP contribution in [0.4, 0.5) is 0 Å². The number of aliphatic carboxylic acids is 2. The van der Waals surface area contributed by atoms with Crippen molar-refractivity contribution in [2.75, 3.05) is 77.9 Å². The van der Waals surface area contributed by atoms with Gasteiger partial charge in [-0.3, -0.25) is 19.2 Å². The van der Waals surface area contributed by atoms with E-state index in [2.05, 4.69) is 89.4 Å². The van der Waals surface area contributed by atoms with Gasteiger partial charge >= 0.3 is 23.9 Å². The predicted octanol–water partition coefficient (Wildman–Crippen LogP) is 6.70. The number of sulfone groups is 4. The SMILES string of the molecule is C#CCCO.CC(CC1CC(c2ccc(C#CCCO)cc2)=NO1)(C(=O)NOC1CCCCO1)S(C)(=O)=O.CC(CC1CC(c2ccc(C#CCCO)cc2)=NO1)(C(=O)O)S(C)(=O)=O.CCOC(=O)C(C)(CC1CC(c2ccc(Br)cc2)=NO1)S(C)(=O)=O.CCOC(=O)C(C)(CC1CC(c2ccc(C#CCCO)cc2)=NO1)S(C)(=O)=O.O=C(O)C#CCCO. The minimum Gasteiger partial charge on any atom is -0.480 e. The van der Waals surface area contributed by atoms with Crippen molar-refractivity contribution >= 4 is 108 Å². The van der Waals surface area contributed by atoms with Crippen LogP contribution in [0.1, 0.15) is 183 Å². The molecule has 9 rings (SSSR count). The molecule has 9 unspecified atom stereocenters. The third-order valence-corrected chi connectivity index (χ3v) is 27.8. The summed E-state index contributed by atoms with van der Waals surface area (Å²) in [4.78, 5) is 85.2. The van der Waals surface area contributed by atoms with E-state index < -0.39 is 119 Å². The number of aliphatic hydroxyl groups excluding tert-OH is 5. The van der Waals surface area contributed by atoms with Crippen LogP contribution in [0, 0.1) is 59.7 Å². The van der Waals surface area contributed by atoms with Gasteiger partial charge in [0.15, 0.2) is 64.6 Å². The second kappa shape index (κ2) is 51.4. The highest BCUT2D eigenvalue weighted by Gasteiger charge is 2.52. The maximum atomic E-state index is 12.8. The summed E-state index contributed by atoms with van der Waals surface area (Å²) in [5.41, 5.74) is 10.8. The number of nitrogens with one attached hydrogen (secondary N) is 1. The number of nitrogens with zero attached hydrogens (tertiary/aromatic N) is 4. The maximum absolute atomic E-state index is 12.8. The molecule has 676 valence electrons. The minimum atomic E-state index is -3.81. The van der Waals surface area contributed by atoms with Crippen molar-refractivity contribution in [3.63, 3.8) is 0 Å². The molecule has 5 aliphatic heterocycles. The first-order valence-corrected chi connectivity index (χ1v) is 47.4. The number of aliphatic hydroxyl groups is 5. The van der Waals surface area contributed by atoms with Crippen LogP contribution in [0.3, 0.4) is 0 Å². The van der Waals surface area contributed by atoms with Gasteiger partial charge in [-0.1, -0.05) is 127 Å². The van der Waals surface area contributed by atoms with E-state index in [-0.39, 0.29) is 78.4 Å². The first-order chi connectivity index (χ1) is 58.5. The number of carbonyl (C=O) groups is 5. The number of terminal acetylenes is 1. The fourth-order valence-corrected chi connectivity index (χ4v) is 15.2. The van der Waals surface area contributed by atoms with Gasteiger partial charge in [0.2, 0.25) is 0 Å². The molecule has 4 aromatic rings. The molecule has 0 aliphatic carbocycles. The number of carbonyl (C=O) groups excluding carboxylic acids is 3. The predicted molar refractivity (Wildman–Crippen MR) is 466 cm³/mol. The van der Waals surface area contributed by atoms with Crippen LogP contribution in [0.15, 0.2) is 122 Å². The van der Waals surface area contributed by atoms with Crippen molar-refractivity contribution in [3.8, 4) is 59.7 Å². The van der Waals surface area contributed by atoms with Gasteiger partial charge in [0.05, 0.1) is 69.1 Å². The fraction of sp³-hybridized carbons (Fsp3) is 0.500. The third kappa shape index (κ3) is 33.4.